The highest BCUT2D eigenvalue weighted by Gasteiger charge is 2.20. The number of hydrogen-bond donors (Lipinski definition) is 2. The van der Waals surface area contributed by atoms with E-state index in [1.165, 1.54) is 6.07 Å². The summed E-state index contributed by atoms with van der Waals surface area (Å²) < 4.78 is 0. The van der Waals surface area contributed by atoms with Crippen molar-refractivity contribution in [1.82, 2.24) is 0 Å². The van der Waals surface area contributed by atoms with Gasteiger partial charge < -0.3 is 10.2 Å². The fourth-order valence-electron chi connectivity index (χ4n) is 1.67. The van der Waals surface area contributed by atoms with Gasteiger partial charge in [0.2, 0.25) is 0 Å². The van der Waals surface area contributed by atoms with E-state index in [1.54, 1.807) is 0 Å². The lowest BCUT2D eigenvalue weighted by atomic mass is 10.0. The number of rotatable bonds is 7. The molecule has 0 aliphatic carbocycles. The van der Waals surface area contributed by atoms with E-state index in [1.807, 2.05) is 0 Å². The Balaban J connectivity index is 2.87. The van der Waals surface area contributed by atoms with Crippen LogP contribution < -0.4 is 0 Å². The summed E-state index contributed by atoms with van der Waals surface area (Å²) in [7, 11) is 0. The molecule has 0 radical (unpaired) electrons. The summed E-state index contributed by atoms with van der Waals surface area (Å²) in [4.78, 5) is 30.3. The summed E-state index contributed by atoms with van der Waals surface area (Å²) in [5.41, 5.74) is -0.599. The molecule has 2 N–H and O–H groups in total. The van der Waals surface area contributed by atoms with E-state index >= 15 is 0 Å². The second-order valence-corrected chi connectivity index (χ2v) is 4.12. The number of nitro groups is 2. The molecule has 1 aromatic rings. The molecule has 1 aromatic carbocycles. The lowest BCUT2D eigenvalue weighted by Gasteiger charge is -2.07. The minimum atomic E-state index is -1.17. The van der Waals surface area contributed by atoms with Gasteiger partial charge in [-0.1, -0.05) is 0 Å². The third-order valence-corrected chi connectivity index (χ3v) is 2.63. The first-order valence-corrected chi connectivity index (χ1v) is 5.63. The van der Waals surface area contributed by atoms with Gasteiger partial charge in [-0.25, -0.2) is 0 Å². The van der Waals surface area contributed by atoms with Crippen molar-refractivity contribution in [2.75, 3.05) is 0 Å². The van der Waals surface area contributed by atoms with Crippen molar-refractivity contribution >= 4 is 17.3 Å². The first kappa shape index (κ1) is 15.5. The van der Waals surface area contributed by atoms with Crippen molar-refractivity contribution in [2.24, 2.45) is 0 Å². The molecule has 0 saturated heterocycles. The topological polar surface area (TPSA) is 144 Å². The van der Waals surface area contributed by atoms with Crippen LogP contribution in [0, 0.1) is 20.2 Å². The van der Waals surface area contributed by atoms with E-state index in [4.69, 9.17) is 5.11 Å². The minimum absolute atomic E-state index is 0.0188. The quantitative estimate of drug-likeness (QED) is 0.566. The van der Waals surface area contributed by atoms with E-state index in [0.29, 0.717) is 0 Å². The number of benzene rings is 1. The maximum absolute atomic E-state index is 10.8. The fraction of sp³-hybridized carbons (Fsp3) is 0.364. The summed E-state index contributed by atoms with van der Waals surface area (Å²) in [6.07, 6.45) is -1.50. The van der Waals surface area contributed by atoms with Crippen LogP contribution in [0.2, 0.25) is 0 Å². The molecule has 1 rings (SSSR count). The number of aryl methyl sites for hydroxylation is 1. The van der Waals surface area contributed by atoms with Gasteiger partial charge in [-0.15, -0.1) is 0 Å². The number of non-ortho nitro benzene ring substituents is 1. The first-order valence-electron chi connectivity index (χ1n) is 5.63. The van der Waals surface area contributed by atoms with Gasteiger partial charge in [0.1, 0.15) is 0 Å². The summed E-state index contributed by atoms with van der Waals surface area (Å²) in [6.45, 7) is 0. The smallest absolute Gasteiger partial charge is 0.305 e. The molecule has 1 atom stereocenters. The Labute approximate surface area is 112 Å². The predicted molar refractivity (Wildman–Crippen MR) is 66.3 cm³/mol. The second-order valence-electron chi connectivity index (χ2n) is 4.12. The molecule has 9 heteroatoms. The Kier molecular flexibility index (Phi) is 5.09. The maximum Gasteiger partial charge on any atom is 0.305 e. The molecule has 108 valence electrons. The summed E-state index contributed by atoms with van der Waals surface area (Å²) in [5.74, 6) is -1.17. The van der Waals surface area contributed by atoms with Gasteiger partial charge in [0.15, 0.2) is 0 Å². The Morgan fingerprint density at radius 1 is 1.25 bits per heavy atom. The van der Waals surface area contributed by atoms with Crippen LogP contribution in [-0.4, -0.2) is 32.1 Å². The molecule has 0 saturated carbocycles. The Morgan fingerprint density at radius 3 is 2.40 bits per heavy atom. The van der Waals surface area contributed by atoms with E-state index in [0.717, 1.165) is 12.1 Å². The van der Waals surface area contributed by atoms with E-state index in [2.05, 4.69) is 0 Å². The number of nitrogens with zero attached hydrogens (tertiary/aromatic N) is 2. The fourth-order valence-corrected chi connectivity index (χ4v) is 1.67. The van der Waals surface area contributed by atoms with Gasteiger partial charge in [-0.2, -0.15) is 0 Å². The summed E-state index contributed by atoms with van der Waals surface area (Å²) >= 11 is 0. The zero-order valence-corrected chi connectivity index (χ0v) is 10.3. The van der Waals surface area contributed by atoms with Crippen LogP contribution in [0.15, 0.2) is 18.2 Å². The molecule has 0 spiro atoms. The van der Waals surface area contributed by atoms with Crippen molar-refractivity contribution in [3.8, 4) is 0 Å². The monoisotopic (exact) mass is 284 g/mol. The molecule has 0 amide bonds. The lowest BCUT2D eigenvalue weighted by molar-refractivity contribution is -0.394. The molecule has 0 aromatic heterocycles. The van der Waals surface area contributed by atoms with Crippen molar-refractivity contribution in [2.45, 2.75) is 25.4 Å². The number of carboxylic acid groups (broad SMARTS) is 1. The highest BCUT2D eigenvalue weighted by Crippen LogP contribution is 2.26. The average Bonchev–Trinajstić information content (AvgIpc) is 2.35. The summed E-state index contributed by atoms with van der Waals surface area (Å²) in [6, 6.07) is 3.22. The van der Waals surface area contributed by atoms with Crippen molar-refractivity contribution in [3.63, 3.8) is 0 Å². The second kappa shape index (κ2) is 6.57. The normalized spacial score (nSPS) is 11.8. The lowest BCUT2D eigenvalue weighted by Crippen LogP contribution is -2.14. The SMILES string of the molecule is O=C(O)CC(O)CCc1ccc([N+](=O)[O-])cc1[N+](=O)[O-]. The third kappa shape index (κ3) is 4.28. The molecule has 1 unspecified atom stereocenters. The van der Waals surface area contributed by atoms with Crippen LogP contribution >= 0.6 is 0 Å². The minimum Gasteiger partial charge on any atom is -0.481 e. The molecular formula is C11H12N2O7. The standard InChI is InChI=1S/C11H12N2O7/c14-9(6-11(15)16)4-2-7-1-3-8(12(17)18)5-10(7)13(19)20/h1,3,5,9,14H,2,4,6H2,(H,15,16). The van der Waals surface area contributed by atoms with Crippen molar-refractivity contribution in [1.29, 1.82) is 0 Å². The number of aliphatic carboxylic acids is 1. The highest BCUT2D eigenvalue weighted by atomic mass is 16.6. The van der Waals surface area contributed by atoms with Crippen LogP contribution in [0.4, 0.5) is 11.4 Å². The van der Waals surface area contributed by atoms with Gasteiger partial charge in [0.25, 0.3) is 11.4 Å². The van der Waals surface area contributed by atoms with Gasteiger partial charge in [-0.05, 0) is 18.9 Å². The maximum atomic E-state index is 10.8. The van der Waals surface area contributed by atoms with E-state index in [9.17, 15) is 30.1 Å². The number of aliphatic hydroxyl groups is 1. The molecule has 9 nitrogen and oxygen atoms in total. The van der Waals surface area contributed by atoms with Crippen LogP contribution in [0.5, 0.6) is 0 Å². The Bertz CT molecular complexity index is 544. The molecule has 0 heterocycles. The number of aliphatic hydroxyl groups excluding tert-OH is 1. The largest absolute Gasteiger partial charge is 0.481 e. The molecule has 0 bridgehead atoms. The van der Waals surface area contributed by atoms with Crippen LogP contribution in [0.1, 0.15) is 18.4 Å². The molecule has 0 fully saturated rings. The number of nitro benzene ring substituents is 2. The van der Waals surface area contributed by atoms with Gasteiger partial charge in [0.05, 0.1) is 28.4 Å². The summed E-state index contributed by atoms with van der Waals surface area (Å²) in [5, 5.41) is 39.3. The predicted octanol–water partition coefficient (Wildman–Crippen LogP) is 1.27. The van der Waals surface area contributed by atoms with Gasteiger partial charge in [-0.3, -0.25) is 25.0 Å². The molecule has 0 aliphatic heterocycles. The number of carboxylic acids is 1. The van der Waals surface area contributed by atoms with Crippen LogP contribution in [-0.2, 0) is 11.2 Å². The zero-order chi connectivity index (χ0) is 15.3. The zero-order valence-electron chi connectivity index (χ0n) is 10.3. The van der Waals surface area contributed by atoms with E-state index in [-0.39, 0.29) is 18.4 Å². The molecule has 0 aliphatic rings. The average molecular weight is 284 g/mol. The van der Waals surface area contributed by atoms with Crippen LogP contribution in [0.3, 0.4) is 0 Å². The van der Waals surface area contributed by atoms with Gasteiger partial charge in [0, 0.05) is 11.6 Å². The highest BCUT2D eigenvalue weighted by molar-refractivity contribution is 5.67. The Hall–Kier alpha value is -2.55. The third-order valence-electron chi connectivity index (χ3n) is 2.63. The molecule has 20 heavy (non-hydrogen) atoms. The Morgan fingerprint density at radius 2 is 1.90 bits per heavy atom. The van der Waals surface area contributed by atoms with Crippen molar-refractivity contribution in [3.05, 3.63) is 44.0 Å². The molecular weight excluding hydrogens is 272 g/mol. The van der Waals surface area contributed by atoms with E-state index < -0.39 is 39.7 Å². The van der Waals surface area contributed by atoms with Crippen LogP contribution in [0.25, 0.3) is 0 Å². The first-order chi connectivity index (χ1) is 9.31. The van der Waals surface area contributed by atoms with Crippen molar-refractivity contribution < 1.29 is 24.9 Å². The number of hydrogen-bond acceptors (Lipinski definition) is 6. The number of carbonyl (C=O) groups is 1. The van der Waals surface area contributed by atoms with Gasteiger partial charge >= 0.3 is 5.97 Å².